The average Bonchev–Trinajstić information content (AvgIpc) is 3.16. The van der Waals surface area contributed by atoms with Crippen LogP contribution >= 0.6 is 23.1 Å². The van der Waals surface area contributed by atoms with Gasteiger partial charge in [-0.05, 0) is 55.2 Å². The van der Waals surface area contributed by atoms with Crippen LogP contribution in [0.25, 0.3) is 0 Å². The fourth-order valence-corrected chi connectivity index (χ4v) is 4.05. The molecule has 1 aliphatic rings. The predicted octanol–water partition coefficient (Wildman–Crippen LogP) is 4.10. The van der Waals surface area contributed by atoms with Crippen molar-refractivity contribution < 1.29 is 9.59 Å². The van der Waals surface area contributed by atoms with Gasteiger partial charge in [-0.1, -0.05) is 12.1 Å². The number of nitrogens with zero attached hydrogens (tertiary/aromatic N) is 1. The third kappa shape index (κ3) is 3.82. The van der Waals surface area contributed by atoms with Crippen molar-refractivity contribution in [1.82, 2.24) is 4.90 Å². The Morgan fingerprint density at radius 3 is 2.88 bits per heavy atom. The molecule has 24 heavy (non-hydrogen) atoms. The fraction of sp³-hybridized carbons (Fsp3) is 0.333. The van der Waals surface area contributed by atoms with Gasteiger partial charge in [0.2, 0.25) is 5.91 Å². The topological polar surface area (TPSA) is 49.4 Å². The van der Waals surface area contributed by atoms with Gasteiger partial charge in [-0.25, -0.2) is 0 Å². The van der Waals surface area contributed by atoms with Crippen LogP contribution in [0.5, 0.6) is 0 Å². The second-order valence-electron chi connectivity index (χ2n) is 5.71. The molecule has 4 nitrogen and oxygen atoms in total. The van der Waals surface area contributed by atoms with Crippen LogP contribution in [0.2, 0.25) is 0 Å². The van der Waals surface area contributed by atoms with E-state index in [2.05, 4.69) is 5.32 Å². The molecule has 1 N–H and O–H groups in total. The first-order valence-corrected chi connectivity index (χ1v) is 10.1. The molecule has 2 amide bonds. The van der Waals surface area contributed by atoms with Crippen molar-refractivity contribution in [1.29, 1.82) is 0 Å². The number of carbonyl (C=O) groups excluding carboxylic acids is 2. The summed E-state index contributed by atoms with van der Waals surface area (Å²) in [4.78, 5) is 28.9. The summed E-state index contributed by atoms with van der Waals surface area (Å²) in [5.74, 6) is -0.138. The summed E-state index contributed by atoms with van der Waals surface area (Å²) in [6, 6.07) is 11.1. The Bertz CT molecular complexity index is 716. The van der Waals surface area contributed by atoms with E-state index in [0.717, 1.165) is 23.4 Å². The number of carbonyl (C=O) groups is 2. The molecule has 0 radical (unpaired) electrons. The van der Waals surface area contributed by atoms with Crippen molar-refractivity contribution in [3.63, 3.8) is 0 Å². The van der Waals surface area contributed by atoms with E-state index in [1.54, 1.807) is 16.7 Å². The number of thioether (sulfide) groups is 1. The lowest BCUT2D eigenvalue weighted by Gasteiger charge is -2.34. The van der Waals surface area contributed by atoms with Crippen LogP contribution in [0, 0.1) is 0 Å². The zero-order valence-corrected chi connectivity index (χ0v) is 15.2. The van der Waals surface area contributed by atoms with Gasteiger partial charge in [-0.3, -0.25) is 9.59 Å². The van der Waals surface area contributed by atoms with E-state index in [1.165, 1.54) is 11.3 Å². The van der Waals surface area contributed by atoms with Gasteiger partial charge in [-0.2, -0.15) is 0 Å². The summed E-state index contributed by atoms with van der Waals surface area (Å²) in [7, 11) is 0. The highest BCUT2D eigenvalue weighted by molar-refractivity contribution is 7.98. The molecule has 2 heterocycles. The molecule has 6 heteroatoms. The highest BCUT2D eigenvalue weighted by Gasteiger charge is 2.33. The lowest BCUT2D eigenvalue weighted by Crippen LogP contribution is -2.49. The molecule has 0 aliphatic carbocycles. The van der Waals surface area contributed by atoms with Gasteiger partial charge in [-0.15, -0.1) is 23.1 Å². The summed E-state index contributed by atoms with van der Waals surface area (Å²) in [5, 5.41) is 4.86. The van der Waals surface area contributed by atoms with E-state index in [9.17, 15) is 9.59 Å². The van der Waals surface area contributed by atoms with Gasteiger partial charge >= 0.3 is 0 Å². The Balaban J connectivity index is 1.74. The Morgan fingerprint density at radius 2 is 2.12 bits per heavy atom. The molecule has 3 rings (SSSR count). The zero-order valence-electron chi connectivity index (χ0n) is 13.5. The van der Waals surface area contributed by atoms with E-state index >= 15 is 0 Å². The summed E-state index contributed by atoms with van der Waals surface area (Å²) in [6.45, 7) is 0.639. The number of hydrogen-bond acceptors (Lipinski definition) is 4. The van der Waals surface area contributed by atoms with Crippen LogP contribution in [0.3, 0.4) is 0 Å². The molecule has 0 saturated carbocycles. The number of likely N-dealkylation sites (tertiary alicyclic amines) is 1. The summed E-state index contributed by atoms with van der Waals surface area (Å²) < 4.78 is 0. The van der Waals surface area contributed by atoms with E-state index in [4.69, 9.17) is 0 Å². The average molecular weight is 361 g/mol. The second kappa shape index (κ2) is 7.85. The zero-order chi connectivity index (χ0) is 16.9. The first-order valence-electron chi connectivity index (χ1n) is 7.98. The quantitative estimate of drug-likeness (QED) is 0.835. The molecule has 2 aromatic rings. The minimum atomic E-state index is -0.397. The standard InChI is InChI=1S/C18H20N2O2S2/c1-23-14-7-4-6-13(12-14)19-17(21)15-8-2-3-10-20(15)18(22)16-9-5-11-24-16/h4-7,9,11-12,15H,2-3,8,10H2,1H3,(H,19,21)/t15-/m0/s1. The van der Waals surface area contributed by atoms with Gasteiger partial charge in [0.1, 0.15) is 6.04 Å². The van der Waals surface area contributed by atoms with Crippen molar-refractivity contribution in [3.8, 4) is 0 Å². The van der Waals surface area contributed by atoms with Gasteiger partial charge < -0.3 is 10.2 Å². The Labute approximate surface area is 150 Å². The second-order valence-corrected chi connectivity index (χ2v) is 7.54. The third-order valence-electron chi connectivity index (χ3n) is 4.14. The van der Waals surface area contributed by atoms with E-state index < -0.39 is 6.04 Å². The van der Waals surface area contributed by atoms with Crippen molar-refractivity contribution in [2.24, 2.45) is 0 Å². The van der Waals surface area contributed by atoms with Crippen LogP contribution in [0.15, 0.2) is 46.7 Å². The summed E-state index contributed by atoms with van der Waals surface area (Å²) in [6.07, 6.45) is 4.63. The molecule has 1 fully saturated rings. The van der Waals surface area contributed by atoms with Gasteiger partial charge in [0.25, 0.3) is 5.91 Å². The normalized spacial score (nSPS) is 17.5. The summed E-state index contributed by atoms with van der Waals surface area (Å²) >= 11 is 3.06. The highest BCUT2D eigenvalue weighted by atomic mass is 32.2. The molecule has 1 aromatic heterocycles. The van der Waals surface area contributed by atoms with Gasteiger partial charge in [0.15, 0.2) is 0 Å². The number of anilines is 1. The Hall–Kier alpha value is -1.79. The molecular formula is C18H20N2O2S2. The highest BCUT2D eigenvalue weighted by Crippen LogP contribution is 2.24. The molecule has 1 saturated heterocycles. The number of rotatable bonds is 4. The van der Waals surface area contributed by atoms with E-state index in [-0.39, 0.29) is 11.8 Å². The lowest BCUT2D eigenvalue weighted by atomic mass is 10.0. The summed E-state index contributed by atoms with van der Waals surface area (Å²) in [5.41, 5.74) is 0.779. The maximum Gasteiger partial charge on any atom is 0.264 e. The van der Waals surface area contributed by atoms with Crippen LogP contribution in [0.4, 0.5) is 5.69 Å². The monoisotopic (exact) mass is 360 g/mol. The maximum absolute atomic E-state index is 12.7. The number of benzene rings is 1. The number of nitrogens with one attached hydrogen (secondary N) is 1. The molecule has 1 aliphatic heterocycles. The lowest BCUT2D eigenvalue weighted by molar-refractivity contribution is -0.121. The maximum atomic E-state index is 12.7. The SMILES string of the molecule is CSc1cccc(NC(=O)[C@@H]2CCCCN2C(=O)c2cccs2)c1. The van der Waals surface area contributed by atoms with Crippen molar-refractivity contribution >= 4 is 40.6 Å². The molecule has 126 valence electrons. The number of thiophene rings is 1. The number of hydrogen-bond donors (Lipinski definition) is 1. The molecular weight excluding hydrogens is 340 g/mol. The van der Waals surface area contributed by atoms with Crippen LogP contribution in [-0.2, 0) is 4.79 Å². The first kappa shape index (κ1) is 17.0. The molecule has 0 unspecified atom stereocenters. The fourth-order valence-electron chi connectivity index (χ4n) is 2.92. The number of piperidine rings is 1. The van der Waals surface area contributed by atoms with E-state index in [0.29, 0.717) is 17.8 Å². The largest absolute Gasteiger partial charge is 0.326 e. The third-order valence-corrected chi connectivity index (χ3v) is 5.72. The Morgan fingerprint density at radius 1 is 1.25 bits per heavy atom. The van der Waals surface area contributed by atoms with Crippen LogP contribution in [0.1, 0.15) is 28.9 Å². The Kier molecular flexibility index (Phi) is 5.58. The molecule has 1 atom stereocenters. The molecule has 0 bridgehead atoms. The van der Waals surface area contributed by atoms with E-state index in [1.807, 2.05) is 48.0 Å². The van der Waals surface area contributed by atoms with Crippen molar-refractivity contribution in [2.45, 2.75) is 30.2 Å². The van der Waals surface area contributed by atoms with Gasteiger partial charge in [0, 0.05) is 17.1 Å². The van der Waals surface area contributed by atoms with Crippen molar-refractivity contribution in [3.05, 3.63) is 46.7 Å². The predicted molar refractivity (Wildman–Crippen MR) is 99.8 cm³/mol. The van der Waals surface area contributed by atoms with Crippen molar-refractivity contribution in [2.75, 3.05) is 18.1 Å². The molecule has 0 spiro atoms. The van der Waals surface area contributed by atoms with Crippen LogP contribution in [-0.4, -0.2) is 35.6 Å². The smallest absolute Gasteiger partial charge is 0.264 e. The minimum Gasteiger partial charge on any atom is -0.326 e. The molecule has 1 aromatic carbocycles. The van der Waals surface area contributed by atoms with Crippen LogP contribution < -0.4 is 5.32 Å². The minimum absolute atomic E-state index is 0.0392. The van der Waals surface area contributed by atoms with Gasteiger partial charge in [0.05, 0.1) is 4.88 Å². The number of amides is 2. The first-order chi connectivity index (χ1) is 11.7.